The topological polar surface area (TPSA) is 64.1 Å². The number of halogens is 3. The Morgan fingerprint density at radius 1 is 1.40 bits per heavy atom. The lowest BCUT2D eigenvalue weighted by Gasteiger charge is -2.09. The number of aromatic nitrogens is 2. The number of anilines is 1. The summed E-state index contributed by atoms with van der Waals surface area (Å²) in [6.45, 7) is -0.416. The third-order valence-corrected chi connectivity index (χ3v) is 2.74. The molecule has 1 amide bonds. The van der Waals surface area contributed by atoms with Crippen LogP contribution in [0, 0.1) is 0 Å². The maximum atomic E-state index is 12.5. The Kier molecular flexibility index (Phi) is 4.18. The lowest BCUT2D eigenvalue weighted by Crippen LogP contribution is -2.20. The van der Waals surface area contributed by atoms with E-state index in [-0.39, 0.29) is 5.75 Å². The number of hydrogen-bond donors (Lipinski definition) is 1. The molecule has 0 fully saturated rings. The molecule has 1 heterocycles. The number of alkyl halides is 3. The molecule has 0 bridgehead atoms. The van der Waals surface area contributed by atoms with E-state index >= 15 is 0 Å². The van der Waals surface area contributed by atoms with Crippen LogP contribution in [0.5, 0.6) is 5.75 Å². The van der Waals surface area contributed by atoms with Gasteiger partial charge in [-0.2, -0.15) is 13.2 Å². The zero-order valence-corrected chi connectivity index (χ0v) is 10.7. The van der Waals surface area contributed by atoms with Gasteiger partial charge in [-0.25, -0.2) is 0 Å². The lowest BCUT2D eigenvalue weighted by atomic mass is 10.2. The molecule has 0 saturated heterocycles. The van der Waals surface area contributed by atoms with E-state index in [9.17, 15) is 18.0 Å². The Morgan fingerprint density at radius 2 is 2.20 bits per heavy atom. The van der Waals surface area contributed by atoms with Gasteiger partial charge in [-0.3, -0.25) is 10.1 Å². The van der Waals surface area contributed by atoms with Crippen molar-refractivity contribution in [2.45, 2.75) is 6.18 Å². The van der Waals surface area contributed by atoms with E-state index in [0.717, 1.165) is 23.5 Å². The van der Waals surface area contributed by atoms with Crippen molar-refractivity contribution in [1.82, 2.24) is 10.2 Å². The third kappa shape index (κ3) is 3.92. The zero-order chi connectivity index (χ0) is 14.6. The number of carbonyl (C=O) groups excluding carboxylic acids is 1. The van der Waals surface area contributed by atoms with Gasteiger partial charge in [-0.1, -0.05) is 17.4 Å². The number of nitrogens with one attached hydrogen (secondary N) is 1. The molecule has 9 heteroatoms. The fourth-order valence-electron chi connectivity index (χ4n) is 1.29. The van der Waals surface area contributed by atoms with Gasteiger partial charge in [0.15, 0.2) is 6.61 Å². The largest absolute Gasteiger partial charge is 0.484 e. The maximum Gasteiger partial charge on any atom is 0.416 e. The van der Waals surface area contributed by atoms with Crippen LogP contribution in [0.15, 0.2) is 29.8 Å². The number of hydrogen-bond acceptors (Lipinski definition) is 5. The van der Waals surface area contributed by atoms with E-state index in [1.54, 1.807) is 0 Å². The second kappa shape index (κ2) is 5.87. The van der Waals surface area contributed by atoms with E-state index in [1.165, 1.54) is 17.6 Å². The molecule has 5 nitrogen and oxygen atoms in total. The van der Waals surface area contributed by atoms with Crippen molar-refractivity contribution in [2.75, 3.05) is 11.9 Å². The monoisotopic (exact) mass is 303 g/mol. The molecule has 1 N–H and O–H groups in total. The summed E-state index contributed by atoms with van der Waals surface area (Å²) in [6.07, 6.45) is -4.45. The van der Waals surface area contributed by atoms with Crippen molar-refractivity contribution in [1.29, 1.82) is 0 Å². The quantitative estimate of drug-likeness (QED) is 0.943. The lowest BCUT2D eigenvalue weighted by molar-refractivity contribution is -0.137. The molecule has 2 aromatic rings. The van der Waals surface area contributed by atoms with Crippen LogP contribution in [-0.4, -0.2) is 22.7 Å². The van der Waals surface area contributed by atoms with Gasteiger partial charge in [0, 0.05) is 0 Å². The van der Waals surface area contributed by atoms with Crippen LogP contribution in [0.1, 0.15) is 5.56 Å². The van der Waals surface area contributed by atoms with E-state index in [1.807, 2.05) is 0 Å². The number of nitrogens with zero attached hydrogens (tertiary/aromatic N) is 2. The highest BCUT2D eigenvalue weighted by atomic mass is 32.1. The summed E-state index contributed by atoms with van der Waals surface area (Å²) in [5.74, 6) is -0.564. The van der Waals surface area contributed by atoms with E-state index < -0.39 is 24.3 Å². The van der Waals surface area contributed by atoms with Gasteiger partial charge in [0.2, 0.25) is 5.13 Å². The molecular weight excluding hydrogens is 295 g/mol. The van der Waals surface area contributed by atoms with Gasteiger partial charge >= 0.3 is 6.18 Å². The van der Waals surface area contributed by atoms with Crippen molar-refractivity contribution in [3.63, 3.8) is 0 Å². The number of benzene rings is 1. The summed E-state index contributed by atoms with van der Waals surface area (Å²) in [7, 11) is 0. The highest BCUT2D eigenvalue weighted by Crippen LogP contribution is 2.31. The van der Waals surface area contributed by atoms with E-state index in [2.05, 4.69) is 15.5 Å². The molecule has 106 valence electrons. The molecule has 0 saturated carbocycles. The van der Waals surface area contributed by atoms with Crippen molar-refractivity contribution in [2.24, 2.45) is 0 Å². The molecule has 0 radical (unpaired) electrons. The summed E-state index contributed by atoms with van der Waals surface area (Å²) in [5, 5.41) is 9.80. The fraction of sp³-hybridized carbons (Fsp3) is 0.182. The van der Waals surface area contributed by atoms with Gasteiger partial charge < -0.3 is 4.74 Å². The van der Waals surface area contributed by atoms with Crippen LogP contribution in [0.25, 0.3) is 0 Å². The highest BCUT2D eigenvalue weighted by molar-refractivity contribution is 7.13. The molecule has 1 aromatic carbocycles. The van der Waals surface area contributed by atoms with Crippen LogP contribution >= 0.6 is 11.3 Å². The fourth-order valence-corrected chi connectivity index (χ4v) is 1.76. The molecule has 1 aromatic heterocycles. The SMILES string of the molecule is O=C(COc1cccc(C(F)(F)F)c1)Nc1nncs1. The van der Waals surface area contributed by atoms with Crippen molar-refractivity contribution < 1.29 is 22.7 Å². The molecular formula is C11H8F3N3O2S. The van der Waals surface area contributed by atoms with E-state index in [4.69, 9.17) is 4.74 Å². The number of carbonyl (C=O) groups is 1. The third-order valence-electron chi connectivity index (χ3n) is 2.14. The van der Waals surface area contributed by atoms with Gasteiger partial charge in [0.25, 0.3) is 5.91 Å². The summed E-state index contributed by atoms with van der Waals surface area (Å²) >= 11 is 1.12. The summed E-state index contributed by atoms with van der Waals surface area (Å²) in [6, 6.07) is 4.31. The zero-order valence-electron chi connectivity index (χ0n) is 9.85. The minimum atomic E-state index is -4.45. The van der Waals surface area contributed by atoms with Gasteiger partial charge in [-0.15, -0.1) is 10.2 Å². The summed E-state index contributed by atoms with van der Waals surface area (Å²) < 4.78 is 42.4. The van der Waals surface area contributed by atoms with Gasteiger partial charge in [0.1, 0.15) is 11.3 Å². The average Bonchev–Trinajstić information content (AvgIpc) is 2.88. The van der Waals surface area contributed by atoms with E-state index in [0.29, 0.717) is 5.13 Å². The van der Waals surface area contributed by atoms with Gasteiger partial charge in [-0.05, 0) is 18.2 Å². The highest BCUT2D eigenvalue weighted by Gasteiger charge is 2.30. The molecule has 0 aliphatic carbocycles. The van der Waals surface area contributed by atoms with Crippen molar-refractivity contribution in [3.05, 3.63) is 35.3 Å². The first-order chi connectivity index (χ1) is 9.45. The van der Waals surface area contributed by atoms with Crippen LogP contribution in [0.4, 0.5) is 18.3 Å². The summed E-state index contributed by atoms with van der Waals surface area (Å²) in [4.78, 5) is 11.4. The predicted octanol–water partition coefficient (Wildman–Crippen LogP) is 2.57. The second-order valence-corrected chi connectivity index (χ2v) is 4.44. The Labute approximate surface area is 115 Å². The second-order valence-electron chi connectivity index (χ2n) is 3.61. The normalized spacial score (nSPS) is 11.2. The molecule has 0 atom stereocenters. The first kappa shape index (κ1) is 14.3. The first-order valence-electron chi connectivity index (χ1n) is 5.31. The standard InChI is InChI=1S/C11H8F3N3O2S/c12-11(13,14)7-2-1-3-8(4-7)19-5-9(18)16-10-17-15-6-20-10/h1-4,6H,5H2,(H,16,17,18). The molecule has 2 rings (SSSR count). The predicted molar refractivity (Wildman–Crippen MR) is 65.5 cm³/mol. The minimum Gasteiger partial charge on any atom is -0.484 e. The molecule has 0 aliphatic heterocycles. The first-order valence-corrected chi connectivity index (χ1v) is 6.19. The van der Waals surface area contributed by atoms with Crippen LogP contribution in [0.2, 0.25) is 0 Å². The molecule has 0 aliphatic rings. The van der Waals surface area contributed by atoms with Crippen LogP contribution < -0.4 is 10.1 Å². The van der Waals surface area contributed by atoms with Crippen LogP contribution in [-0.2, 0) is 11.0 Å². The number of rotatable bonds is 4. The van der Waals surface area contributed by atoms with Crippen molar-refractivity contribution >= 4 is 22.4 Å². The number of amides is 1. The van der Waals surface area contributed by atoms with Gasteiger partial charge in [0.05, 0.1) is 5.56 Å². The molecule has 0 spiro atoms. The Balaban J connectivity index is 1.92. The Hall–Kier alpha value is -2.16. The maximum absolute atomic E-state index is 12.5. The summed E-state index contributed by atoms with van der Waals surface area (Å²) in [5.41, 5.74) is 0.600. The Morgan fingerprint density at radius 3 is 2.85 bits per heavy atom. The minimum absolute atomic E-state index is 0.0350. The van der Waals surface area contributed by atoms with Crippen LogP contribution in [0.3, 0.4) is 0 Å². The van der Waals surface area contributed by atoms with Crippen molar-refractivity contribution in [3.8, 4) is 5.75 Å². The molecule has 0 unspecified atom stereocenters. The number of ether oxygens (including phenoxy) is 1. The Bertz CT molecular complexity index is 587. The molecule has 20 heavy (non-hydrogen) atoms. The average molecular weight is 303 g/mol. The smallest absolute Gasteiger partial charge is 0.416 e.